The van der Waals surface area contributed by atoms with Gasteiger partial charge in [0.25, 0.3) is 0 Å². The number of hydrogen-bond acceptors (Lipinski definition) is 3. The van der Waals surface area contributed by atoms with E-state index < -0.39 is 0 Å². The van der Waals surface area contributed by atoms with Crippen molar-refractivity contribution in [2.45, 2.75) is 11.8 Å². The van der Waals surface area contributed by atoms with Gasteiger partial charge in [0.05, 0.1) is 18.8 Å². The summed E-state index contributed by atoms with van der Waals surface area (Å²) < 4.78 is 6.36. The van der Waals surface area contributed by atoms with E-state index in [1.807, 2.05) is 30.0 Å². The van der Waals surface area contributed by atoms with Crippen LogP contribution in [-0.4, -0.2) is 12.9 Å². The zero-order valence-electron chi connectivity index (χ0n) is 11.2. The van der Waals surface area contributed by atoms with Gasteiger partial charge in [-0.15, -0.1) is 0 Å². The number of fused-ring (bicyclic) bond motifs is 1. The lowest BCUT2D eigenvalue weighted by molar-refractivity contribution is 0.415. The molecule has 0 saturated carbocycles. The molecule has 20 heavy (non-hydrogen) atoms. The normalized spacial score (nSPS) is 17.4. The molecular formula is C16H16BrNOS. The van der Waals surface area contributed by atoms with E-state index in [0.29, 0.717) is 6.04 Å². The number of anilines is 1. The molecule has 1 aliphatic rings. The van der Waals surface area contributed by atoms with Crippen molar-refractivity contribution in [1.29, 1.82) is 0 Å². The predicted molar refractivity (Wildman–Crippen MR) is 89.7 cm³/mol. The minimum atomic E-state index is 0.341. The number of hydrogen-bond donors (Lipinski definition) is 1. The maximum Gasteiger partial charge on any atom is 0.121 e. The average molecular weight is 350 g/mol. The van der Waals surface area contributed by atoms with Gasteiger partial charge in [0.2, 0.25) is 0 Å². The summed E-state index contributed by atoms with van der Waals surface area (Å²) in [6.45, 7) is 0. The second-order valence-corrected chi connectivity index (χ2v) is 6.64. The number of methoxy groups -OCH3 is 1. The van der Waals surface area contributed by atoms with Crippen LogP contribution in [-0.2, 0) is 5.75 Å². The third-order valence-corrected chi connectivity index (χ3v) is 5.25. The molecule has 2 aromatic carbocycles. The summed E-state index contributed by atoms with van der Waals surface area (Å²) in [4.78, 5) is 0. The summed E-state index contributed by atoms with van der Waals surface area (Å²) in [6, 6.07) is 15.0. The van der Waals surface area contributed by atoms with E-state index >= 15 is 0 Å². The summed E-state index contributed by atoms with van der Waals surface area (Å²) in [5, 5.41) is 3.63. The molecule has 104 valence electrons. The number of benzene rings is 2. The molecule has 1 unspecified atom stereocenters. The Morgan fingerprint density at radius 2 is 2.10 bits per heavy atom. The first-order valence-electron chi connectivity index (χ1n) is 6.53. The first kappa shape index (κ1) is 13.8. The quantitative estimate of drug-likeness (QED) is 0.854. The van der Waals surface area contributed by atoms with Crippen molar-refractivity contribution in [1.82, 2.24) is 0 Å². The fourth-order valence-electron chi connectivity index (χ4n) is 2.43. The summed E-state index contributed by atoms with van der Waals surface area (Å²) in [7, 11) is 1.69. The molecule has 0 spiro atoms. The van der Waals surface area contributed by atoms with E-state index in [1.54, 1.807) is 7.11 Å². The van der Waals surface area contributed by atoms with Crippen LogP contribution in [0.5, 0.6) is 5.75 Å². The maximum absolute atomic E-state index is 5.30. The maximum atomic E-state index is 5.30. The van der Waals surface area contributed by atoms with Crippen molar-refractivity contribution in [3.05, 3.63) is 58.1 Å². The SMILES string of the molecule is COc1ccc(Br)c(NC2CSCc3ccccc32)c1. The predicted octanol–water partition coefficient (Wildman–Crippen LogP) is 4.86. The molecule has 0 radical (unpaired) electrons. The molecule has 1 aliphatic heterocycles. The Balaban J connectivity index is 1.89. The zero-order chi connectivity index (χ0) is 13.9. The van der Waals surface area contributed by atoms with Gasteiger partial charge in [-0.25, -0.2) is 0 Å². The largest absolute Gasteiger partial charge is 0.497 e. The van der Waals surface area contributed by atoms with Gasteiger partial charge >= 0.3 is 0 Å². The van der Waals surface area contributed by atoms with Gasteiger partial charge in [0, 0.05) is 22.0 Å². The summed E-state index contributed by atoms with van der Waals surface area (Å²) in [5.41, 5.74) is 3.91. The van der Waals surface area contributed by atoms with Crippen molar-refractivity contribution in [3.63, 3.8) is 0 Å². The molecule has 4 heteroatoms. The van der Waals surface area contributed by atoms with Crippen LogP contribution in [0.4, 0.5) is 5.69 Å². The van der Waals surface area contributed by atoms with Crippen LogP contribution in [0.3, 0.4) is 0 Å². The lowest BCUT2D eigenvalue weighted by Gasteiger charge is -2.27. The van der Waals surface area contributed by atoms with Gasteiger partial charge in [-0.2, -0.15) is 11.8 Å². The Morgan fingerprint density at radius 1 is 1.25 bits per heavy atom. The van der Waals surface area contributed by atoms with Gasteiger partial charge in [0.15, 0.2) is 0 Å². The fraction of sp³-hybridized carbons (Fsp3) is 0.250. The number of nitrogens with one attached hydrogen (secondary N) is 1. The van der Waals surface area contributed by atoms with E-state index in [2.05, 4.69) is 45.5 Å². The highest BCUT2D eigenvalue weighted by Crippen LogP contribution is 2.36. The number of ether oxygens (including phenoxy) is 1. The second kappa shape index (κ2) is 6.10. The number of halogens is 1. The van der Waals surface area contributed by atoms with Gasteiger partial charge in [0.1, 0.15) is 5.75 Å². The Hall–Kier alpha value is -1.13. The lowest BCUT2D eigenvalue weighted by Crippen LogP contribution is -2.18. The highest BCUT2D eigenvalue weighted by molar-refractivity contribution is 9.10. The lowest BCUT2D eigenvalue weighted by atomic mass is 10.0. The van der Waals surface area contributed by atoms with E-state index in [-0.39, 0.29) is 0 Å². The van der Waals surface area contributed by atoms with Crippen molar-refractivity contribution in [2.75, 3.05) is 18.2 Å². The standard InChI is InChI=1S/C16H16BrNOS/c1-19-12-6-7-14(17)15(8-12)18-16-10-20-9-11-4-2-3-5-13(11)16/h2-8,16,18H,9-10H2,1H3. The summed E-state index contributed by atoms with van der Waals surface area (Å²) in [5.74, 6) is 3.06. The third-order valence-electron chi connectivity index (χ3n) is 3.48. The minimum Gasteiger partial charge on any atom is -0.497 e. The monoisotopic (exact) mass is 349 g/mol. The molecule has 0 saturated heterocycles. The molecule has 0 aliphatic carbocycles. The van der Waals surface area contributed by atoms with Crippen molar-refractivity contribution in [2.24, 2.45) is 0 Å². The Kier molecular flexibility index (Phi) is 4.22. The van der Waals surface area contributed by atoms with E-state index in [4.69, 9.17) is 4.74 Å². The van der Waals surface area contributed by atoms with Crippen LogP contribution in [0.2, 0.25) is 0 Å². The van der Waals surface area contributed by atoms with Crippen LogP contribution in [0.25, 0.3) is 0 Å². The molecule has 3 rings (SSSR count). The van der Waals surface area contributed by atoms with Crippen molar-refractivity contribution < 1.29 is 4.74 Å². The molecule has 1 heterocycles. The van der Waals surface area contributed by atoms with Crippen LogP contribution in [0.1, 0.15) is 17.2 Å². The molecule has 0 amide bonds. The summed E-state index contributed by atoms with van der Waals surface area (Å²) in [6.07, 6.45) is 0. The molecule has 0 bridgehead atoms. The summed E-state index contributed by atoms with van der Waals surface area (Å²) >= 11 is 5.57. The molecule has 0 aromatic heterocycles. The van der Waals surface area contributed by atoms with Crippen molar-refractivity contribution in [3.8, 4) is 5.75 Å². The van der Waals surface area contributed by atoms with Crippen LogP contribution < -0.4 is 10.1 Å². The average Bonchev–Trinajstić information content (AvgIpc) is 2.50. The van der Waals surface area contributed by atoms with Crippen LogP contribution in [0.15, 0.2) is 46.9 Å². The Morgan fingerprint density at radius 3 is 2.95 bits per heavy atom. The van der Waals surface area contributed by atoms with E-state index in [9.17, 15) is 0 Å². The molecule has 1 N–H and O–H groups in total. The molecule has 0 fully saturated rings. The van der Waals surface area contributed by atoms with Gasteiger partial charge in [-0.05, 0) is 39.2 Å². The van der Waals surface area contributed by atoms with Gasteiger partial charge < -0.3 is 10.1 Å². The van der Waals surface area contributed by atoms with Gasteiger partial charge in [-0.1, -0.05) is 24.3 Å². The molecule has 1 atom stereocenters. The molecular weight excluding hydrogens is 334 g/mol. The molecule has 2 aromatic rings. The van der Waals surface area contributed by atoms with Gasteiger partial charge in [-0.3, -0.25) is 0 Å². The topological polar surface area (TPSA) is 21.3 Å². The van der Waals surface area contributed by atoms with E-state index in [1.165, 1.54) is 11.1 Å². The van der Waals surface area contributed by atoms with Crippen LogP contribution in [0, 0.1) is 0 Å². The third kappa shape index (κ3) is 2.81. The van der Waals surface area contributed by atoms with E-state index in [0.717, 1.165) is 27.4 Å². The smallest absolute Gasteiger partial charge is 0.121 e. The number of thioether (sulfide) groups is 1. The Bertz CT molecular complexity index is 617. The van der Waals surface area contributed by atoms with Crippen molar-refractivity contribution >= 4 is 33.4 Å². The zero-order valence-corrected chi connectivity index (χ0v) is 13.6. The molecule has 2 nitrogen and oxygen atoms in total. The highest BCUT2D eigenvalue weighted by Gasteiger charge is 2.20. The fourth-order valence-corrected chi connectivity index (χ4v) is 3.89. The first-order chi connectivity index (χ1) is 9.78. The Labute approximate surface area is 132 Å². The highest BCUT2D eigenvalue weighted by atomic mass is 79.9. The second-order valence-electron chi connectivity index (χ2n) is 4.76. The van der Waals surface area contributed by atoms with Crippen LogP contribution >= 0.6 is 27.7 Å². The first-order valence-corrected chi connectivity index (χ1v) is 8.48. The minimum absolute atomic E-state index is 0.341. The number of rotatable bonds is 3.